The van der Waals surface area contributed by atoms with E-state index in [0.29, 0.717) is 36.3 Å². The number of quaternary nitrogens is 1. The molecule has 0 bridgehead atoms. The highest BCUT2D eigenvalue weighted by Crippen LogP contribution is 2.19. The highest BCUT2D eigenvalue weighted by molar-refractivity contribution is 6.31. The first-order chi connectivity index (χ1) is 16.2. The molecule has 33 heavy (non-hydrogen) atoms. The van der Waals surface area contributed by atoms with Gasteiger partial charge >= 0.3 is 0 Å². The SMILES string of the molecule is O[C@H](C[NH2+][C@H](Cc1ccccc1)c1nc(-c2ccccc2)no1)COCc1ccccc1Cl. The maximum absolute atomic E-state index is 10.5. The van der Waals surface area contributed by atoms with Crippen molar-refractivity contribution in [2.45, 2.75) is 25.2 Å². The van der Waals surface area contributed by atoms with Crippen LogP contribution in [0, 0.1) is 0 Å². The Morgan fingerprint density at radius 3 is 2.39 bits per heavy atom. The molecule has 0 aliphatic rings. The van der Waals surface area contributed by atoms with Gasteiger partial charge < -0.3 is 19.7 Å². The van der Waals surface area contributed by atoms with Gasteiger partial charge in [0.05, 0.1) is 13.2 Å². The Morgan fingerprint density at radius 1 is 0.939 bits per heavy atom. The van der Waals surface area contributed by atoms with Crippen LogP contribution in [0.5, 0.6) is 0 Å². The van der Waals surface area contributed by atoms with E-state index in [1.165, 1.54) is 0 Å². The van der Waals surface area contributed by atoms with E-state index in [0.717, 1.165) is 16.7 Å². The first-order valence-electron chi connectivity index (χ1n) is 10.9. The quantitative estimate of drug-likeness (QED) is 0.352. The zero-order chi connectivity index (χ0) is 22.9. The molecule has 3 aromatic carbocycles. The molecule has 0 amide bonds. The fourth-order valence-corrected chi connectivity index (χ4v) is 3.73. The first kappa shape index (κ1) is 23.1. The fraction of sp³-hybridized carbons (Fsp3) is 0.231. The number of aromatic nitrogens is 2. The molecule has 0 spiro atoms. The van der Waals surface area contributed by atoms with Crippen molar-refractivity contribution in [1.29, 1.82) is 0 Å². The van der Waals surface area contributed by atoms with Crippen LogP contribution in [0.4, 0.5) is 0 Å². The standard InChI is InChI=1S/C26H26ClN3O3/c27-23-14-8-7-13-21(23)17-32-18-22(31)16-28-24(15-19-9-3-1-4-10-19)26-29-25(30-33-26)20-11-5-2-6-12-20/h1-14,22,24,28,31H,15-18H2/p+1/t22-,24-/m1/s1. The summed E-state index contributed by atoms with van der Waals surface area (Å²) in [7, 11) is 0. The van der Waals surface area contributed by atoms with E-state index in [-0.39, 0.29) is 12.6 Å². The second-order valence-electron chi connectivity index (χ2n) is 7.85. The maximum atomic E-state index is 10.5. The molecule has 170 valence electrons. The van der Waals surface area contributed by atoms with Gasteiger partial charge in [0, 0.05) is 17.0 Å². The predicted octanol–water partition coefficient (Wildman–Crippen LogP) is 3.81. The van der Waals surface area contributed by atoms with E-state index in [9.17, 15) is 5.11 Å². The van der Waals surface area contributed by atoms with Gasteiger partial charge in [0.25, 0.3) is 5.89 Å². The van der Waals surface area contributed by atoms with Crippen LogP contribution in [-0.4, -0.2) is 34.5 Å². The van der Waals surface area contributed by atoms with Crippen molar-refractivity contribution in [2.75, 3.05) is 13.2 Å². The summed E-state index contributed by atoms with van der Waals surface area (Å²) < 4.78 is 11.3. The zero-order valence-electron chi connectivity index (χ0n) is 18.2. The Hall–Kier alpha value is -3.03. The number of rotatable bonds is 11. The molecule has 1 aromatic heterocycles. The van der Waals surface area contributed by atoms with E-state index in [1.54, 1.807) is 0 Å². The van der Waals surface area contributed by atoms with Crippen LogP contribution in [-0.2, 0) is 17.8 Å². The molecule has 0 aliphatic carbocycles. The average molecular weight is 465 g/mol. The van der Waals surface area contributed by atoms with Gasteiger partial charge in [-0.3, -0.25) is 0 Å². The molecular formula is C26H27ClN3O3+. The summed E-state index contributed by atoms with van der Waals surface area (Å²) in [6, 6.07) is 27.3. The molecule has 0 saturated carbocycles. The van der Waals surface area contributed by atoms with Crippen molar-refractivity contribution in [3.63, 3.8) is 0 Å². The van der Waals surface area contributed by atoms with E-state index in [2.05, 4.69) is 22.3 Å². The number of ether oxygens (including phenoxy) is 1. The molecule has 0 aliphatic heterocycles. The number of aliphatic hydroxyl groups is 1. The first-order valence-corrected chi connectivity index (χ1v) is 11.3. The molecule has 1 heterocycles. The molecule has 0 radical (unpaired) electrons. The number of aliphatic hydroxyl groups excluding tert-OH is 1. The Bertz CT molecular complexity index is 1120. The van der Waals surface area contributed by atoms with Crippen molar-refractivity contribution in [2.24, 2.45) is 0 Å². The minimum absolute atomic E-state index is 0.129. The lowest BCUT2D eigenvalue weighted by atomic mass is 10.1. The number of benzene rings is 3. The van der Waals surface area contributed by atoms with Crippen LogP contribution in [0.2, 0.25) is 5.02 Å². The summed E-state index contributed by atoms with van der Waals surface area (Å²) in [6.45, 7) is 0.996. The molecule has 0 fully saturated rings. The lowest BCUT2D eigenvalue weighted by Crippen LogP contribution is -2.88. The van der Waals surface area contributed by atoms with Crippen molar-refractivity contribution < 1.29 is 19.7 Å². The van der Waals surface area contributed by atoms with Gasteiger partial charge in [0.1, 0.15) is 12.6 Å². The van der Waals surface area contributed by atoms with Gasteiger partial charge in [0.15, 0.2) is 6.04 Å². The van der Waals surface area contributed by atoms with E-state index >= 15 is 0 Å². The summed E-state index contributed by atoms with van der Waals surface area (Å²) in [5, 5.41) is 17.3. The van der Waals surface area contributed by atoms with Crippen LogP contribution in [0.3, 0.4) is 0 Å². The van der Waals surface area contributed by atoms with Gasteiger partial charge in [-0.1, -0.05) is 95.6 Å². The maximum Gasteiger partial charge on any atom is 0.285 e. The van der Waals surface area contributed by atoms with Crippen molar-refractivity contribution in [1.82, 2.24) is 10.1 Å². The molecule has 0 saturated heterocycles. The summed E-state index contributed by atoms with van der Waals surface area (Å²) in [6.07, 6.45) is 0.0482. The number of hydrogen-bond donors (Lipinski definition) is 2. The van der Waals surface area contributed by atoms with Gasteiger partial charge in [-0.15, -0.1) is 0 Å². The Kier molecular flexibility index (Phi) is 8.22. The average Bonchev–Trinajstić information content (AvgIpc) is 3.34. The number of nitrogens with zero attached hydrogens (tertiary/aromatic N) is 2. The fourth-order valence-electron chi connectivity index (χ4n) is 3.54. The molecule has 4 aromatic rings. The van der Waals surface area contributed by atoms with Crippen LogP contribution in [0.15, 0.2) is 89.5 Å². The third-order valence-electron chi connectivity index (χ3n) is 5.31. The van der Waals surface area contributed by atoms with Crippen LogP contribution < -0.4 is 5.32 Å². The largest absolute Gasteiger partial charge is 0.385 e. The summed E-state index contributed by atoms with van der Waals surface area (Å²) in [5.41, 5.74) is 2.96. The van der Waals surface area contributed by atoms with Crippen LogP contribution in [0.25, 0.3) is 11.4 Å². The minimum atomic E-state index is -0.651. The monoisotopic (exact) mass is 464 g/mol. The van der Waals surface area contributed by atoms with Crippen molar-refractivity contribution in [3.8, 4) is 11.4 Å². The topological polar surface area (TPSA) is 85.0 Å². The smallest absolute Gasteiger partial charge is 0.285 e. The van der Waals surface area contributed by atoms with Crippen molar-refractivity contribution in [3.05, 3.63) is 107 Å². The predicted molar refractivity (Wildman–Crippen MR) is 127 cm³/mol. The second-order valence-corrected chi connectivity index (χ2v) is 8.26. The number of nitrogens with two attached hydrogens (primary N) is 1. The van der Waals surface area contributed by atoms with Crippen molar-refractivity contribution >= 4 is 11.6 Å². The molecule has 3 N–H and O–H groups in total. The highest BCUT2D eigenvalue weighted by atomic mass is 35.5. The number of halogens is 1. The van der Waals surface area contributed by atoms with Gasteiger partial charge in [-0.25, -0.2) is 0 Å². The molecule has 4 rings (SSSR count). The third kappa shape index (κ3) is 6.73. The minimum Gasteiger partial charge on any atom is -0.385 e. The lowest BCUT2D eigenvalue weighted by molar-refractivity contribution is -0.704. The molecule has 6 nitrogen and oxygen atoms in total. The van der Waals surface area contributed by atoms with Gasteiger partial charge in [0.2, 0.25) is 5.82 Å². The summed E-state index contributed by atoms with van der Waals surface area (Å²) >= 11 is 6.16. The van der Waals surface area contributed by atoms with Gasteiger partial charge in [-0.2, -0.15) is 4.98 Å². The van der Waals surface area contributed by atoms with E-state index in [4.69, 9.17) is 20.9 Å². The Balaban J connectivity index is 1.38. The zero-order valence-corrected chi connectivity index (χ0v) is 18.9. The van der Waals surface area contributed by atoms with E-state index < -0.39 is 6.10 Å². The van der Waals surface area contributed by atoms with Crippen LogP contribution >= 0.6 is 11.6 Å². The third-order valence-corrected chi connectivity index (χ3v) is 5.68. The molecule has 2 atom stereocenters. The van der Waals surface area contributed by atoms with Gasteiger partial charge in [-0.05, 0) is 17.2 Å². The van der Waals surface area contributed by atoms with E-state index in [1.807, 2.05) is 78.1 Å². The number of hydrogen-bond acceptors (Lipinski definition) is 5. The Labute approximate surface area is 198 Å². The lowest BCUT2D eigenvalue weighted by Gasteiger charge is -2.15. The summed E-state index contributed by atoms with van der Waals surface area (Å²) in [5.74, 6) is 1.09. The molecule has 7 heteroatoms. The Morgan fingerprint density at radius 2 is 1.64 bits per heavy atom. The summed E-state index contributed by atoms with van der Waals surface area (Å²) in [4.78, 5) is 4.63. The highest BCUT2D eigenvalue weighted by Gasteiger charge is 2.24. The normalized spacial score (nSPS) is 13.0. The second kappa shape index (κ2) is 11.7. The van der Waals surface area contributed by atoms with Crippen LogP contribution in [0.1, 0.15) is 23.1 Å². The molecular weight excluding hydrogens is 438 g/mol. The molecule has 0 unspecified atom stereocenters.